The van der Waals surface area contributed by atoms with Gasteiger partial charge >= 0.3 is 0 Å². The van der Waals surface area contributed by atoms with Gasteiger partial charge in [0.1, 0.15) is 11.6 Å². The summed E-state index contributed by atoms with van der Waals surface area (Å²) in [4.78, 5) is 0. The average molecular weight is 236 g/mol. The van der Waals surface area contributed by atoms with E-state index in [2.05, 4.69) is 12.3 Å². The van der Waals surface area contributed by atoms with Gasteiger partial charge in [-0.25, -0.2) is 4.39 Å². The number of hydrogen-bond acceptors (Lipinski definition) is 2. The summed E-state index contributed by atoms with van der Waals surface area (Å²) in [6.45, 7) is 3.74. The van der Waals surface area contributed by atoms with Gasteiger partial charge in [-0.2, -0.15) is 0 Å². The first kappa shape index (κ1) is 13.5. The van der Waals surface area contributed by atoms with Gasteiger partial charge in [0.15, 0.2) is 0 Å². The van der Waals surface area contributed by atoms with Crippen molar-refractivity contribution in [2.24, 2.45) is 0 Å². The van der Waals surface area contributed by atoms with Crippen LogP contribution in [0.5, 0.6) is 5.75 Å². The maximum absolute atomic E-state index is 13.1. The molecule has 0 amide bonds. The molecule has 0 aliphatic heterocycles. The highest BCUT2D eigenvalue weighted by molar-refractivity contribution is 5.69. The van der Waals surface area contributed by atoms with E-state index in [0.717, 1.165) is 19.3 Å². The van der Waals surface area contributed by atoms with Gasteiger partial charge in [0.05, 0.1) is 0 Å². The Morgan fingerprint density at radius 1 is 1.29 bits per heavy atom. The normalized spacial score (nSPS) is 10.0. The Hall–Kier alpha value is -1.57. The zero-order valence-corrected chi connectivity index (χ0v) is 9.75. The number of aromatic hydroxyl groups is 1. The molecule has 1 rings (SSSR count). The van der Waals surface area contributed by atoms with Gasteiger partial charge < -0.3 is 10.2 Å². The summed E-state index contributed by atoms with van der Waals surface area (Å²) in [6.07, 6.45) is 3.16. The molecule has 2 N–H and O–H groups in total. The summed E-state index contributed by atoms with van der Waals surface area (Å²) in [5.41, 5.74) is 3.90. The standard InChI is InChI=1S/C14H17FO2/c1-2-11(6-4-3-5-9-16)13-10-12(15)7-8-14(13)17/h7-8,10,16-17H,1,3-6,9H2. The second kappa shape index (κ2) is 6.89. The molecule has 17 heavy (non-hydrogen) atoms. The summed E-state index contributed by atoms with van der Waals surface area (Å²) in [7, 11) is 0. The highest BCUT2D eigenvalue weighted by atomic mass is 19.1. The fourth-order valence-corrected chi connectivity index (χ4v) is 1.66. The molecule has 0 fully saturated rings. The smallest absolute Gasteiger partial charge is 0.124 e. The van der Waals surface area contributed by atoms with Crippen molar-refractivity contribution in [2.75, 3.05) is 6.61 Å². The minimum Gasteiger partial charge on any atom is -0.507 e. The molecule has 0 bridgehead atoms. The third-order valence-corrected chi connectivity index (χ3v) is 2.58. The van der Waals surface area contributed by atoms with Crippen LogP contribution < -0.4 is 0 Å². The van der Waals surface area contributed by atoms with E-state index in [4.69, 9.17) is 5.11 Å². The number of halogens is 1. The molecule has 0 aliphatic rings. The Morgan fingerprint density at radius 2 is 2.06 bits per heavy atom. The van der Waals surface area contributed by atoms with E-state index in [1.807, 2.05) is 0 Å². The molecule has 2 nitrogen and oxygen atoms in total. The van der Waals surface area contributed by atoms with Crippen LogP contribution in [0.3, 0.4) is 0 Å². The molecule has 1 aromatic carbocycles. The molecule has 0 aliphatic carbocycles. The Labute approximate surface area is 101 Å². The fourth-order valence-electron chi connectivity index (χ4n) is 1.66. The maximum Gasteiger partial charge on any atom is 0.124 e. The van der Waals surface area contributed by atoms with Crippen LogP contribution in [0.15, 0.2) is 30.5 Å². The maximum atomic E-state index is 13.1. The Balaban J connectivity index is 2.74. The Bertz CT molecular complexity index is 420. The lowest BCUT2D eigenvalue weighted by atomic mass is 9.99. The molecule has 0 saturated heterocycles. The second-order valence-electron chi connectivity index (χ2n) is 3.85. The molecule has 0 aromatic heterocycles. The van der Waals surface area contributed by atoms with Crippen LogP contribution in [0.1, 0.15) is 31.2 Å². The zero-order chi connectivity index (χ0) is 12.7. The molecule has 92 valence electrons. The number of phenols is 1. The van der Waals surface area contributed by atoms with Gasteiger partial charge in [-0.1, -0.05) is 13.0 Å². The van der Waals surface area contributed by atoms with Gasteiger partial charge in [-0.05, 0) is 37.5 Å². The van der Waals surface area contributed by atoms with E-state index >= 15 is 0 Å². The Kier molecular flexibility index (Phi) is 5.47. The summed E-state index contributed by atoms with van der Waals surface area (Å²) in [6, 6.07) is 3.83. The number of allylic oxidation sites excluding steroid dienone is 1. The molecule has 0 atom stereocenters. The predicted molar refractivity (Wildman–Crippen MR) is 66.2 cm³/mol. The lowest BCUT2D eigenvalue weighted by molar-refractivity contribution is 0.283. The van der Waals surface area contributed by atoms with E-state index in [1.165, 1.54) is 18.2 Å². The van der Waals surface area contributed by atoms with Crippen LogP contribution in [-0.2, 0) is 0 Å². The molecular formula is C14H17FO2. The van der Waals surface area contributed by atoms with Gasteiger partial charge in [-0.15, -0.1) is 5.73 Å². The van der Waals surface area contributed by atoms with Crippen LogP contribution in [-0.4, -0.2) is 16.8 Å². The van der Waals surface area contributed by atoms with Crippen molar-refractivity contribution < 1.29 is 14.6 Å². The van der Waals surface area contributed by atoms with E-state index in [1.54, 1.807) is 0 Å². The van der Waals surface area contributed by atoms with Crippen molar-refractivity contribution in [3.63, 3.8) is 0 Å². The summed E-state index contributed by atoms with van der Waals surface area (Å²) >= 11 is 0. The molecule has 0 spiro atoms. The third kappa shape index (κ3) is 4.06. The van der Waals surface area contributed by atoms with Gasteiger partial charge in [0.2, 0.25) is 0 Å². The van der Waals surface area contributed by atoms with Crippen LogP contribution in [0, 0.1) is 5.82 Å². The Morgan fingerprint density at radius 3 is 2.71 bits per heavy atom. The average Bonchev–Trinajstić information content (AvgIpc) is 2.33. The van der Waals surface area contributed by atoms with Crippen molar-refractivity contribution in [1.29, 1.82) is 0 Å². The first-order valence-corrected chi connectivity index (χ1v) is 5.67. The van der Waals surface area contributed by atoms with Crippen LogP contribution >= 0.6 is 0 Å². The molecule has 0 unspecified atom stereocenters. The van der Waals surface area contributed by atoms with Crippen molar-refractivity contribution in [3.05, 3.63) is 41.9 Å². The van der Waals surface area contributed by atoms with E-state index in [-0.39, 0.29) is 18.2 Å². The topological polar surface area (TPSA) is 40.5 Å². The number of aliphatic hydroxyl groups is 1. The summed E-state index contributed by atoms with van der Waals surface area (Å²) in [5, 5.41) is 18.3. The third-order valence-electron chi connectivity index (χ3n) is 2.58. The van der Waals surface area contributed by atoms with Crippen molar-refractivity contribution in [1.82, 2.24) is 0 Å². The fraction of sp³-hybridized carbons (Fsp3) is 0.357. The van der Waals surface area contributed by atoms with Crippen molar-refractivity contribution in [2.45, 2.75) is 25.7 Å². The molecule has 3 heteroatoms. The summed E-state index contributed by atoms with van der Waals surface area (Å²) < 4.78 is 13.1. The molecule has 0 saturated carbocycles. The van der Waals surface area contributed by atoms with Crippen LogP contribution in [0.4, 0.5) is 4.39 Å². The molecule has 0 radical (unpaired) electrons. The first-order valence-electron chi connectivity index (χ1n) is 5.67. The minimum absolute atomic E-state index is 0.0414. The zero-order valence-electron chi connectivity index (χ0n) is 9.75. The van der Waals surface area contributed by atoms with E-state index < -0.39 is 0 Å². The highest BCUT2D eigenvalue weighted by Crippen LogP contribution is 2.28. The van der Waals surface area contributed by atoms with Crippen molar-refractivity contribution >= 4 is 5.57 Å². The van der Waals surface area contributed by atoms with Crippen LogP contribution in [0.25, 0.3) is 5.57 Å². The molecule has 0 heterocycles. The van der Waals surface area contributed by atoms with E-state index in [9.17, 15) is 9.50 Å². The second-order valence-corrected chi connectivity index (χ2v) is 3.85. The van der Waals surface area contributed by atoms with Crippen molar-refractivity contribution in [3.8, 4) is 5.75 Å². The van der Waals surface area contributed by atoms with Crippen LogP contribution in [0.2, 0.25) is 0 Å². The number of rotatable bonds is 6. The lowest BCUT2D eigenvalue weighted by Gasteiger charge is -2.07. The van der Waals surface area contributed by atoms with Gasteiger partial charge in [0, 0.05) is 17.7 Å². The number of benzene rings is 1. The number of aliphatic hydroxyl groups excluding tert-OH is 1. The number of phenolic OH excluding ortho intramolecular Hbond substituents is 1. The first-order chi connectivity index (χ1) is 8.19. The largest absolute Gasteiger partial charge is 0.507 e. The SMILES string of the molecule is C=C=C(CCCCCO)c1cc(F)ccc1O. The predicted octanol–water partition coefficient (Wildman–Crippen LogP) is 3.25. The monoisotopic (exact) mass is 236 g/mol. The summed E-state index contributed by atoms with van der Waals surface area (Å²) in [5.74, 6) is -0.347. The van der Waals surface area contributed by atoms with Gasteiger partial charge in [-0.3, -0.25) is 0 Å². The lowest BCUT2D eigenvalue weighted by Crippen LogP contribution is -1.89. The number of hydrogen-bond donors (Lipinski definition) is 2. The van der Waals surface area contributed by atoms with E-state index in [0.29, 0.717) is 17.6 Å². The highest BCUT2D eigenvalue weighted by Gasteiger charge is 2.08. The number of unbranched alkanes of at least 4 members (excludes halogenated alkanes) is 2. The minimum atomic E-state index is -0.388. The van der Waals surface area contributed by atoms with Gasteiger partial charge in [0.25, 0.3) is 0 Å². The quantitative estimate of drug-likeness (QED) is 0.588. The molecule has 1 aromatic rings. The molecular weight excluding hydrogens is 219 g/mol.